The van der Waals surface area contributed by atoms with Crippen molar-refractivity contribution in [1.82, 2.24) is 10.6 Å². The molecule has 0 radical (unpaired) electrons. The van der Waals surface area contributed by atoms with E-state index in [1.807, 2.05) is 0 Å². The first-order valence-corrected chi connectivity index (χ1v) is 7.26. The number of amides is 2. The van der Waals surface area contributed by atoms with Crippen molar-refractivity contribution in [3.63, 3.8) is 0 Å². The smallest absolute Gasteiger partial charge is 0.319 e. The summed E-state index contributed by atoms with van der Waals surface area (Å²) in [6.45, 7) is 1.85. The van der Waals surface area contributed by atoms with Crippen LogP contribution < -0.4 is 30.2 Å². The molecule has 0 bridgehead atoms. The third kappa shape index (κ3) is 3.94. The van der Waals surface area contributed by atoms with Gasteiger partial charge in [-0.05, 0) is 25.9 Å². The summed E-state index contributed by atoms with van der Waals surface area (Å²) >= 11 is 0. The highest BCUT2D eigenvalue weighted by atomic mass is 16.5. The summed E-state index contributed by atoms with van der Waals surface area (Å²) in [4.78, 5) is 12.1. The second-order valence-corrected chi connectivity index (χ2v) is 5.04. The minimum Gasteiger partial charge on any atom is -0.493 e. The first-order valence-electron chi connectivity index (χ1n) is 7.26. The van der Waals surface area contributed by atoms with Crippen LogP contribution in [0.4, 0.5) is 10.5 Å². The van der Waals surface area contributed by atoms with Crippen molar-refractivity contribution in [3.05, 3.63) is 12.1 Å². The molecule has 1 aliphatic rings. The molecule has 0 atom stereocenters. The molecule has 0 unspecified atom stereocenters. The van der Waals surface area contributed by atoms with Crippen LogP contribution in [-0.4, -0.2) is 46.5 Å². The van der Waals surface area contributed by atoms with Crippen molar-refractivity contribution in [2.45, 2.75) is 18.9 Å². The third-order valence-electron chi connectivity index (χ3n) is 3.60. The molecular weight excluding hydrogens is 286 g/mol. The highest BCUT2D eigenvalue weighted by Crippen LogP contribution is 2.39. The van der Waals surface area contributed by atoms with E-state index in [2.05, 4.69) is 16.0 Å². The second kappa shape index (κ2) is 7.74. The van der Waals surface area contributed by atoms with Crippen LogP contribution >= 0.6 is 0 Å². The zero-order valence-corrected chi connectivity index (χ0v) is 13.2. The molecule has 1 saturated heterocycles. The molecule has 0 aliphatic carbocycles. The molecule has 1 aliphatic heterocycles. The molecule has 0 saturated carbocycles. The topological polar surface area (TPSA) is 80.9 Å². The molecule has 2 amide bonds. The van der Waals surface area contributed by atoms with Crippen molar-refractivity contribution in [3.8, 4) is 17.2 Å². The molecular formula is C15H23N3O4. The van der Waals surface area contributed by atoms with Gasteiger partial charge in [-0.15, -0.1) is 0 Å². The van der Waals surface area contributed by atoms with Crippen molar-refractivity contribution in [2.75, 3.05) is 39.7 Å². The maximum Gasteiger partial charge on any atom is 0.319 e. The van der Waals surface area contributed by atoms with E-state index < -0.39 is 0 Å². The van der Waals surface area contributed by atoms with Gasteiger partial charge in [0, 0.05) is 18.2 Å². The van der Waals surface area contributed by atoms with Gasteiger partial charge in [0.25, 0.3) is 0 Å². The Morgan fingerprint density at radius 3 is 2.18 bits per heavy atom. The molecule has 1 fully saturated rings. The Bertz CT molecular complexity index is 491. The first kappa shape index (κ1) is 16.2. The first-order chi connectivity index (χ1) is 10.7. The average Bonchev–Trinajstić information content (AvgIpc) is 2.54. The van der Waals surface area contributed by atoms with E-state index >= 15 is 0 Å². The van der Waals surface area contributed by atoms with Gasteiger partial charge in [0.05, 0.1) is 27.0 Å². The summed E-state index contributed by atoms with van der Waals surface area (Å²) in [5.41, 5.74) is 0.584. The normalized spacial score (nSPS) is 15.0. The number of benzene rings is 1. The number of rotatable bonds is 5. The van der Waals surface area contributed by atoms with E-state index in [0.29, 0.717) is 22.9 Å². The standard InChI is InChI=1S/C15H23N3O4/c1-20-12-8-11(9-13(21-2)14(12)22-3)18-15(19)17-10-4-6-16-7-5-10/h8-10,16H,4-7H2,1-3H3,(H2,17,18,19). The van der Waals surface area contributed by atoms with Gasteiger partial charge in [-0.1, -0.05) is 0 Å². The lowest BCUT2D eigenvalue weighted by atomic mass is 10.1. The number of nitrogens with one attached hydrogen (secondary N) is 3. The Hall–Kier alpha value is -2.15. The van der Waals surface area contributed by atoms with Crippen LogP contribution in [0.5, 0.6) is 17.2 Å². The molecule has 3 N–H and O–H groups in total. The Morgan fingerprint density at radius 1 is 1.09 bits per heavy atom. The van der Waals surface area contributed by atoms with Crippen LogP contribution in [0, 0.1) is 0 Å². The van der Waals surface area contributed by atoms with Crippen LogP contribution in [-0.2, 0) is 0 Å². The zero-order chi connectivity index (χ0) is 15.9. The predicted molar refractivity (Wildman–Crippen MR) is 84.1 cm³/mol. The number of piperidine rings is 1. The fourth-order valence-electron chi connectivity index (χ4n) is 2.47. The number of carbonyl (C=O) groups excluding carboxylic acids is 1. The van der Waals surface area contributed by atoms with Gasteiger partial charge in [0.2, 0.25) is 5.75 Å². The van der Waals surface area contributed by atoms with Gasteiger partial charge >= 0.3 is 6.03 Å². The quantitative estimate of drug-likeness (QED) is 0.769. The maximum atomic E-state index is 12.1. The fraction of sp³-hybridized carbons (Fsp3) is 0.533. The molecule has 1 aromatic carbocycles. The Kier molecular flexibility index (Phi) is 5.71. The van der Waals surface area contributed by atoms with Crippen LogP contribution in [0.15, 0.2) is 12.1 Å². The van der Waals surface area contributed by atoms with Gasteiger partial charge < -0.3 is 30.2 Å². The summed E-state index contributed by atoms with van der Waals surface area (Å²) in [6.07, 6.45) is 1.87. The summed E-state index contributed by atoms with van der Waals surface area (Å²) < 4.78 is 15.8. The second-order valence-electron chi connectivity index (χ2n) is 5.04. The van der Waals surface area contributed by atoms with Crippen LogP contribution in [0.25, 0.3) is 0 Å². The minimum atomic E-state index is -0.235. The van der Waals surface area contributed by atoms with Crippen LogP contribution in [0.1, 0.15) is 12.8 Å². The van der Waals surface area contributed by atoms with Gasteiger partial charge in [0.15, 0.2) is 11.5 Å². The number of urea groups is 1. The van der Waals surface area contributed by atoms with E-state index in [-0.39, 0.29) is 12.1 Å². The predicted octanol–water partition coefficient (Wildman–Crippen LogP) is 1.59. The molecule has 0 spiro atoms. The summed E-state index contributed by atoms with van der Waals surface area (Å²) in [6, 6.07) is 3.36. The van der Waals surface area contributed by atoms with Crippen molar-refractivity contribution in [1.29, 1.82) is 0 Å². The number of carbonyl (C=O) groups is 1. The Balaban J connectivity index is 2.06. The Labute approximate surface area is 130 Å². The van der Waals surface area contributed by atoms with Crippen molar-refractivity contribution < 1.29 is 19.0 Å². The molecule has 22 heavy (non-hydrogen) atoms. The van der Waals surface area contributed by atoms with Crippen LogP contribution in [0.2, 0.25) is 0 Å². The molecule has 2 rings (SSSR count). The lowest BCUT2D eigenvalue weighted by Crippen LogP contribution is -2.44. The lowest BCUT2D eigenvalue weighted by molar-refractivity contribution is 0.245. The van der Waals surface area contributed by atoms with Gasteiger partial charge in [-0.3, -0.25) is 0 Å². The molecule has 1 aromatic rings. The highest BCUT2D eigenvalue weighted by Gasteiger charge is 2.17. The fourth-order valence-corrected chi connectivity index (χ4v) is 2.47. The number of hydrogen-bond acceptors (Lipinski definition) is 5. The maximum absolute atomic E-state index is 12.1. The van der Waals surface area contributed by atoms with E-state index in [1.54, 1.807) is 12.1 Å². The zero-order valence-electron chi connectivity index (χ0n) is 13.2. The van der Waals surface area contributed by atoms with E-state index in [9.17, 15) is 4.79 Å². The molecule has 122 valence electrons. The molecule has 7 nitrogen and oxygen atoms in total. The monoisotopic (exact) mass is 309 g/mol. The van der Waals surface area contributed by atoms with Crippen LogP contribution in [0.3, 0.4) is 0 Å². The Morgan fingerprint density at radius 2 is 1.68 bits per heavy atom. The van der Waals surface area contributed by atoms with E-state index in [4.69, 9.17) is 14.2 Å². The highest BCUT2D eigenvalue weighted by molar-refractivity contribution is 5.90. The number of ether oxygens (including phenoxy) is 3. The van der Waals surface area contributed by atoms with Gasteiger partial charge in [-0.2, -0.15) is 0 Å². The minimum absolute atomic E-state index is 0.197. The SMILES string of the molecule is COc1cc(NC(=O)NC2CCNCC2)cc(OC)c1OC. The van der Waals surface area contributed by atoms with E-state index in [0.717, 1.165) is 25.9 Å². The average molecular weight is 309 g/mol. The number of methoxy groups -OCH3 is 3. The van der Waals surface area contributed by atoms with E-state index in [1.165, 1.54) is 21.3 Å². The lowest BCUT2D eigenvalue weighted by Gasteiger charge is -2.24. The summed E-state index contributed by atoms with van der Waals surface area (Å²) in [5.74, 6) is 1.49. The summed E-state index contributed by atoms with van der Waals surface area (Å²) in [5, 5.41) is 9.03. The number of hydrogen-bond donors (Lipinski definition) is 3. The largest absolute Gasteiger partial charge is 0.493 e. The molecule has 0 aromatic heterocycles. The van der Waals surface area contributed by atoms with Gasteiger partial charge in [-0.25, -0.2) is 4.79 Å². The van der Waals surface area contributed by atoms with Crippen molar-refractivity contribution in [2.24, 2.45) is 0 Å². The van der Waals surface area contributed by atoms with Crippen molar-refractivity contribution >= 4 is 11.7 Å². The molecule has 7 heteroatoms. The third-order valence-corrected chi connectivity index (χ3v) is 3.60. The summed E-state index contributed by atoms with van der Waals surface area (Å²) in [7, 11) is 4.61. The van der Waals surface area contributed by atoms with Gasteiger partial charge in [0.1, 0.15) is 0 Å². The number of anilines is 1. The molecule has 1 heterocycles.